The van der Waals surface area contributed by atoms with Crippen molar-refractivity contribution in [1.82, 2.24) is 5.32 Å². The molecule has 1 aliphatic carbocycles. The maximum atomic E-state index is 12.9. The molecular weight excluding hydrogens is 398 g/mol. The molecule has 0 bridgehead atoms. The van der Waals surface area contributed by atoms with E-state index in [4.69, 9.17) is 19.9 Å². The molecule has 2 aromatic rings. The van der Waals surface area contributed by atoms with Crippen molar-refractivity contribution >= 4 is 34.2 Å². The first kappa shape index (κ1) is 20.5. The highest BCUT2D eigenvalue weighted by Gasteiger charge is 2.28. The lowest BCUT2D eigenvalue weighted by Crippen LogP contribution is -2.35. The van der Waals surface area contributed by atoms with Gasteiger partial charge in [-0.3, -0.25) is 14.9 Å². The summed E-state index contributed by atoms with van der Waals surface area (Å²) in [7, 11) is 4.38. The van der Waals surface area contributed by atoms with Gasteiger partial charge in [-0.25, -0.2) is 4.79 Å². The average molecular weight is 419 g/mol. The van der Waals surface area contributed by atoms with E-state index in [1.54, 1.807) is 0 Å². The molecule has 154 valence electrons. The number of carbonyl (C=O) groups excluding carboxylic acids is 3. The van der Waals surface area contributed by atoms with Crippen LogP contribution in [-0.4, -0.2) is 39.2 Å². The van der Waals surface area contributed by atoms with Gasteiger partial charge in [0.05, 0.1) is 26.9 Å². The van der Waals surface area contributed by atoms with Crippen LogP contribution in [-0.2, 0) is 12.8 Å². The summed E-state index contributed by atoms with van der Waals surface area (Å²) >= 11 is 1.32. The zero-order valence-electron chi connectivity index (χ0n) is 16.2. The zero-order chi connectivity index (χ0) is 21.1. The fraction of sp³-hybridized carbons (Fsp3) is 0.316. The van der Waals surface area contributed by atoms with Gasteiger partial charge in [0.25, 0.3) is 11.8 Å². The van der Waals surface area contributed by atoms with E-state index in [-0.39, 0.29) is 11.1 Å². The van der Waals surface area contributed by atoms with Crippen LogP contribution in [0.3, 0.4) is 0 Å². The van der Waals surface area contributed by atoms with Crippen LogP contribution in [0, 0.1) is 0 Å². The Bertz CT molecular complexity index is 960. The molecule has 1 aromatic heterocycles. The molecule has 1 heterocycles. The molecule has 0 atom stereocenters. The summed E-state index contributed by atoms with van der Waals surface area (Å²) in [5.41, 5.74) is 6.46. The Labute approximate surface area is 171 Å². The second kappa shape index (κ2) is 8.39. The molecule has 0 radical (unpaired) electrons. The van der Waals surface area contributed by atoms with Crippen molar-refractivity contribution in [2.45, 2.75) is 19.3 Å². The van der Waals surface area contributed by atoms with Crippen molar-refractivity contribution in [2.24, 2.45) is 5.73 Å². The third-order valence-electron chi connectivity index (χ3n) is 4.54. The molecule has 0 saturated heterocycles. The highest BCUT2D eigenvalue weighted by Crippen LogP contribution is 2.41. The fourth-order valence-corrected chi connectivity index (χ4v) is 4.58. The van der Waals surface area contributed by atoms with Gasteiger partial charge in [0.15, 0.2) is 11.5 Å². The Morgan fingerprint density at radius 1 is 1.00 bits per heavy atom. The van der Waals surface area contributed by atoms with Crippen LogP contribution < -0.4 is 30.6 Å². The van der Waals surface area contributed by atoms with E-state index < -0.39 is 17.8 Å². The number of imide groups is 1. The number of nitrogens with two attached hydrogens (primary N) is 1. The van der Waals surface area contributed by atoms with Gasteiger partial charge in [-0.2, -0.15) is 0 Å². The molecule has 29 heavy (non-hydrogen) atoms. The van der Waals surface area contributed by atoms with Gasteiger partial charge in [0.1, 0.15) is 5.00 Å². The topological polar surface area (TPSA) is 129 Å². The van der Waals surface area contributed by atoms with Crippen molar-refractivity contribution < 1.29 is 28.6 Å². The number of thiophene rings is 1. The quantitative estimate of drug-likeness (QED) is 0.659. The number of hydrogen-bond donors (Lipinski definition) is 3. The Morgan fingerprint density at radius 2 is 1.66 bits per heavy atom. The summed E-state index contributed by atoms with van der Waals surface area (Å²) in [5.74, 6) is -0.0627. The molecule has 1 aromatic carbocycles. The van der Waals surface area contributed by atoms with E-state index >= 15 is 0 Å². The highest BCUT2D eigenvalue weighted by molar-refractivity contribution is 7.17. The number of rotatable bonds is 6. The number of fused-ring (bicyclic) bond motifs is 1. The van der Waals surface area contributed by atoms with Gasteiger partial charge in [0, 0.05) is 10.4 Å². The van der Waals surface area contributed by atoms with E-state index in [1.807, 2.05) is 0 Å². The van der Waals surface area contributed by atoms with Gasteiger partial charge in [0.2, 0.25) is 5.75 Å². The van der Waals surface area contributed by atoms with E-state index in [1.165, 1.54) is 44.8 Å². The monoisotopic (exact) mass is 419 g/mol. The number of nitrogens with one attached hydrogen (secondary N) is 2. The summed E-state index contributed by atoms with van der Waals surface area (Å²) in [6.45, 7) is 0. The number of urea groups is 1. The standard InChI is InChI=1S/C19H21N3O6S/c1-26-11-7-9(8-12(27-2)15(11)28-3)16(23)21-18-14(17(24)22-19(20)25)10-5-4-6-13(10)29-18/h7-8H,4-6H2,1-3H3,(H,21,23)(H3,20,22,24,25). The Balaban J connectivity index is 1.96. The Hall–Kier alpha value is -3.27. The first-order valence-electron chi connectivity index (χ1n) is 8.76. The van der Waals surface area contributed by atoms with Crippen molar-refractivity contribution in [2.75, 3.05) is 26.6 Å². The molecule has 0 aliphatic heterocycles. The van der Waals surface area contributed by atoms with Gasteiger partial charge in [-0.15, -0.1) is 11.3 Å². The summed E-state index contributed by atoms with van der Waals surface area (Å²) in [5, 5.41) is 5.21. The predicted molar refractivity (Wildman–Crippen MR) is 107 cm³/mol. The zero-order valence-corrected chi connectivity index (χ0v) is 17.0. The normalized spacial score (nSPS) is 12.1. The Kier molecular flexibility index (Phi) is 5.92. The Morgan fingerprint density at radius 3 is 2.21 bits per heavy atom. The molecule has 1 aliphatic rings. The molecule has 0 unspecified atom stereocenters. The maximum Gasteiger partial charge on any atom is 0.319 e. The summed E-state index contributed by atoms with van der Waals surface area (Å²) in [6.07, 6.45) is 2.43. The largest absolute Gasteiger partial charge is 0.493 e. The lowest BCUT2D eigenvalue weighted by atomic mass is 10.1. The summed E-state index contributed by atoms with van der Waals surface area (Å²) in [4.78, 5) is 37.5. The van der Waals surface area contributed by atoms with Crippen molar-refractivity contribution in [1.29, 1.82) is 0 Å². The molecule has 9 nitrogen and oxygen atoms in total. The molecule has 4 amide bonds. The third-order valence-corrected chi connectivity index (χ3v) is 5.75. The van der Waals surface area contributed by atoms with Crippen LogP contribution in [0.5, 0.6) is 17.2 Å². The van der Waals surface area contributed by atoms with Crippen LogP contribution >= 0.6 is 11.3 Å². The molecule has 0 spiro atoms. The van der Waals surface area contributed by atoms with E-state index in [0.717, 1.165) is 23.3 Å². The molecule has 3 rings (SSSR count). The van der Waals surface area contributed by atoms with Crippen LogP contribution in [0.15, 0.2) is 12.1 Å². The van der Waals surface area contributed by atoms with Crippen molar-refractivity contribution in [3.63, 3.8) is 0 Å². The van der Waals surface area contributed by atoms with E-state index in [9.17, 15) is 14.4 Å². The molecule has 0 fully saturated rings. The molecule has 10 heteroatoms. The molecule has 0 saturated carbocycles. The van der Waals surface area contributed by atoms with E-state index in [2.05, 4.69) is 10.6 Å². The second-order valence-electron chi connectivity index (χ2n) is 6.25. The number of anilines is 1. The molecule has 4 N–H and O–H groups in total. The maximum absolute atomic E-state index is 12.9. The van der Waals surface area contributed by atoms with Crippen LogP contribution in [0.25, 0.3) is 0 Å². The number of amides is 4. The first-order chi connectivity index (χ1) is 13.9. The average Bonchev–Trinajstić information content (AvgIpc) is 3.26. The summed E-state index contributed by atoms with van der Waals surface area (Å²) < 4.78 is 15.8. The van der Waals surface area contributed by atoms with Crippen LogP contribution in [0.2, 0.25) is 0 Å². The minimum absolute atomic E-state index is 0.259. The number of ether oxygens (including phenoxy) is 3. The van der Waals surface area contributed by atoms with E-state index in [0.29, 0.717) is 28.7 Å². The minimum Gasteiger partial charge on any atom is -0.493 e. The van der Waals surface area contributed by atoms with Crippen LogP contribution in [0.4, 0.5) is 9.80 Å². The number of benzene rings is 1. The smallest absolute Gasteiger partial charge is 0.319 e. The number of methoxy groups -OCH3 is 3. The fourth-order valence-electron chi connectivity index (χ4n) is 3.29. The van der Waals surface area contributed by atoms with Gasteiger partial charge in [-0.05, 0) is 37.0 Å². The SMILES string of the molecule is COc1cc(C(=O)Nc2sc3c(c2C(=O)NC(N)=O)CCC3)cc(OC)c1OC. The van der Waals surface area contributed by atoms with Gasteiger partial charge in [-0.1, -0.05) is 0 Å². The minimum atomic E-state index is -0.949. The second-order valence-corrected chi connectivity index (χ2v) is 7.35. The number of aryl methyl sites for hydroxylation is 1. The van der Waals surface area contributed by atoms with Crippen molar-refractivity contribution in [3.8, 4) is 17.2 Å². The van der Waals surface area contributed by atoms with Gasteiger partial charge >= 0.3 is 6.03 Å². The predicted octanol–water partition coefficient (Wildman–Crippen LogP) is 2.32. The lowest BCUT2D eigenvalue weighted by molar-refractivity contribution is 0.0966. The third kappa shape index (κ3) is 3.97. The number of hydrogen-bond acceptors (Lipinski definition) is 7. The summed E-state index contributed by atoms with van der Waals surface area (Å²) in [6, 6.07) is 2.08. The van der Waals surface area contributed by atoms with Gasteiger partial charge < -0.3 is 25.3 Å². The molecular formula is C19H21N3O6S. The van der Waals surface area contributed by atoms with Crippen LogP contribution in [0.1, 0.15) is 37.6 Å². The number of carbonyl (C=O) groups is 3. The lowest BCUT2D eigenvalue weighted by Gasteiger charge is -2.14. The first-order valence-corrected chi connectivity index (χ1v) is 9.57. The number of primary amides is 1. The highest BCUT2D eigenvalue weighted by atomic mass is 32.1. The van der Waals surface area contributed by atoms with Crippen molar-refractivity contribution in [3.05, 3.63) is 33.7 Å².